The number of rotatable bonds is 8. The van der Waals surface area contributed by atoms with E-state index >= 15 is 4.39 Å². The van der Waals surface area contributed by atoms with E-state index < -0.39 is 39.8 Å². The van der Waals surface area contributed by atoms with Gasteiger partial charge < -0.3 is 20.3 Å². The van der Waals surface area contributed by atoms with E-state index in [2.05, 4.69) is 19.6 Å². The van der Waals surface area contributed by atoms with E-state index in [1.54, 1.807) is 25.1 Å². The molecule has 2 fully saturated rings. The summed E-state index contributed by atoms with van der Waals surface area (Å²) >= 11 is 0. The number of nitrogens with one attached hydrogen (secondary N) is 1. The molecule has 0 radical (unpaired) electrons. The molecule has 3 aromatic rings. The Hall–Kier alpha value is -3.84. The van der Waals surface area contributed by atoms with Crippen LogP contribution in [0.25, 0.3) is 10.8 Å². The maximum Gasteiger partial charge on any atom is 0.328 e. The smallest absolute Gasteiger partial charge is 0.328 e. The second-order valence-electron chi connectivity index (χ2n) is 10.1. The first-order valence-electron chi connectivity index (χ1n) is 13.0. The van der Waals surface area contributed by atoms with E-state index in [9.17, 15) is 18.0 Å². The number of ether oxygens (including phenoxy) is 1. The Morgan fingerprint density at radius 2 is 1.95 bits per heavy atom. The molecule has 2 atom stereocenters. The third-order valence-corrected chi connectivity index (χ3v) is 8.90. The van der Waals surface area contributed by atoms with Crippen LogP contribution >= 0.6 is 0 Å². The van der Waals surface area contributed by atoms with Gasteiger partial charge in [-0.3, -0.25) is 4.79 Å². The SMILES string of the molecule is COC(=O)[C@@H](Cc1ccc2c(N)nc(C)cc2c1F)N1CC[C@H](NS(=O)(=O)c2ccc(N3CCCC3)nc2)C1=O. The van der Waals surface area contributed by atoms with Gasteiger partial charge in [-0.2, -0.15) is 4.72 Å². The number of nitrogen functional groups attached to an aromatic ring is 1. The Kier molecular flexibility index (Phi) is 7.60. The number of aromatic nitrogens is 2. The van der Waals surface area contributed by atoms with Crippen LogP contribution < -0.4 is 15.4 Å². The van der Waals surface area contributed by atoms with Crippen molar-refractivity contribution in [3.63, 3.8) is 0 Å². The highest BCUT2D eigenvalue weighted by atomic mass is 32.2. The van der Waals surface area contributed by atoms with E-state index in [4.69, 9.17) is 10.5 Å². The molecule has 212 valence electrons. The second kappa shape index (κ2) is 11.0. The number of amides is 1. The molecule has 0 aliphatic carbocycles. The van der Waals surface area contributed by atoms with Crippen LogP contribution in [0.1, 0.15) is 30.5 Å². The van der Waals surface area contributed by atoms with E-state index in [0.29, 0.717) is 16.9 Å². The molecule has 0 unspecified atom stereocenters. The van der Waals surface area contributed by atoms with Crippen molar-refractivity contribution in [1.29, 1.82) is 0 Å². The number of pyridine rings is 2. The number of fused-ring (bicyclic) bond motifs is 1. The summed E-state index contributed by atoms with van der Waals surface area (Å²) in [6.07, 6.45) is 3.37. The summed E-state index contributed by atoms with van der Waals surface area (Å²) in [4.78, 5) is 37.8. The highest BCUT2D eigenvalue weighted by Gasteiger charge is 2.41. The third-order valence-electron chi connectivity index (χ3n) is 7.45. The lowest BCUT2D eigenvalue weighted by atomic mass is 10.00. The zero-order valence-electron chi connectivity index (χ0n) is 22.3. The van der Waals surface area contributed by atoms with Crippen LogP contribution in [0.2, 0.25) is 0 Å². The van der Waals surface area contributed by atoms with Gasteiger partial charge in [-0.05, 0) is 49.9 Å². The standard InChI is InChI=1S/C27H31FN6O5S/c1-16-13-20-19(25(29)31-16)7-5-17(24(20)28)14-22(27(36)39-2)34-12-9-21(26(34)35)32-40(37,38)18-6-8-23(30-15-18)33-10-3-4-11-33/h5-8,13,15,21-22,32H,3-4,9-12,14H2,1-2H3,(H2,29,31)/t21-,22+/m0/s1. The van der Waals surface area contributed by atoms with Crippen LogP contribution in [-0.4, -0.2) is 74.0 Å². The first-order valence-corrected chi connectivity index (χ1v) is 14.5. The van der Waals surface area contributed by atoms with Gasteiger partial charge in [0.2, 0.25) is 15.9 Å². The first-order chi connectivity index (χ1) is 19.1. The minimum Gasteiger partial charge on any atom is -0.467 e. The number of benzene rings is 1. The lowest BCUT2D eigenvalue weighted by Gasteiger charge is -2.26. The monoisotopic (exact) mass is 570 g/mol. The fraction of sp³-hybridized carbons (Fsp3) is 0.407. The Morgan fingerprint density at radius 3 is 2.62 bits per heavy atom. The number of methoxy groups -OCH3 is 1. The van der Waals surface area contributed by atoms with Gasteiger partial charge in [0, 0.05) is 48.7 Å². The van der Waals surface area contributed by atoms with Crippen molar-refractivity contribution < 1.29 is 27.1 Å². The summed E-state index contributed by atoms with van der Waals surface area (Å²) in [5, 5.41) is 0.699. The van der Waals surface area contributed by atoms with Crippen molar-refractivity contribution in [2.24, 2.45) is 0 Å². The van der Waals surface area contributed by atoms with Gasteiger partial charge in [0.1, 0.15) is 34.4 Å². The van der Waals surface area contributed by atoms with Crippen molar-refractivity contribution in [2.45, 2.75) is 49.6 Å². The highest BCUT2D eigenvalue weighted by molar-refractivity contribution is 7.89. The zero-order chi connectivity index (χ0) is 28.6. The molecule has 3 N–H and O–H groups in total. The van der Waals surface area contributed by atoms with Crippen molar-refractivity contribution >= 4 is 44.3 Å². The van der Waals surface area contributed by atoms with Gasteiger partial charge in [-0.25, -0.2) is 27.6 Å². The molecule has 2 saturated heterocycles. The van der Waals surface area contributed by atoms with E-state index in [-0.39, 0.29) is 41.0 Å². The molecule has 13 heteroatoms. The summed E-state index contributed by atoms with van der Waals surface area (Å²) in [5.74, 6) is -1.00. The highest BCUT2D eigenvalue weighted by Crippen LogP contribution is 2.28. The fourth-order valence-corrected chi connectivity index (χ4v) is 6.53. The second-order valence-corrected chi connectivity index (χ2v) is 11.8. The summed E-state index contributed by atoms with van der Waals surface area (Å²) in [5.41, 5.74) is 6.67. The molecule has 1 aromatic carbocycles. The molecule has 40 heavy (non-hydrogen) atoms. The number of carbonyl (C=O) groups excluding carboxylic acids is 2. The van der Waals surface area contributed by atoms with Crippen LogP contribution in [-0.2, 0) is 30.8 Å². The summed E-state index contributed by atoms with van der Waals surface area (Å²) < 4.78 is 49.0. The number of esters is 1. The number of aryl methyl sites for hydroxylation is 1. The van der Waals surface area contributed by atoms with Crippen LogP contribution in [0.15, 0.2) is 41.4 Å². The third kappa shape index (κ3) is 5.30. The number of nitrogens with zero attached hydrogens (tertiary/aromatic N) is 4. The largest absolute Gasteiger partial charge is 0.467 e. The molecule has 4 heterocycles. The predicted molar refractivity (Wildman–Crippen MR) is 146 cm³/mol. The Balaban J connectivity index is 1.34. The molecule has 2 aliphatic rings. The van der Waals surface area contributed by atoms with Gasteiger partial charge in [0.15, 0.2) is 0 Å². The number of hydrogen-bond donors (Lipinski definition) is 2. The Bertz CT molecular complexity index is 1560. The quantitative estimate of drug-likeness (QED) is 0.388. The number of likely N-dealkylation sites (tertiary alicyclic amines) is 1. The van der Waals surface area contributed by atoms with Gasteiger partial charge in [-0.15, -0.1) is 0 Å². The van der Waals surface area contributed by atoms with Crippen molar-refractivity contribution in [1.82, 2.24) is 19.6 Å². The number of anilines is 2. The summed E-state index contributed by atoms with van der Waals surface area (Å²) in [6, 6.07) is 5.56. The number of halogens is 1. The van der Waals surface area contributed by atoms with Gasteiger partial charge in [0.25, 0.3) is 0 Å². The number of hydrogen-bond acceptors (Lipinski definition) is 9. The minimum atomic E-state index is -4.06. The Morgan fingerprint density at radius 1 is 1.20 bits per heavy atom. The molecule has 0 spiro atoms. The maximum absolute atomic E-state index is 15.5. The lowest BCUT2D eigenvalue weighted by molar-refractivity contribution is -0.151. The van der Waals surface area contributed by atoms with Gasteiger partial charge in [0.05, 0.1) is 7.11 Å². The first kappa shape index (κ1) is 27.7. The average Bonchev–Trinajstić information content (AvgIpc) is 3.59. The molecule has 2 aliphatic heterocycles. The van der Waals surface area contributed by atoms with E-state index in [0.717, 1.165) is 25.9 Å². The average molecular weight is 571 g/mol. The molecule has 1 amide bonds. The van der Waals surface area contributed by atoms with Crippen molar-refractivity contribution in [2.75, 3.05) is 37.4 Å². The molecule has 2 aromatic heterocycles. The Labute approximate surface area is 231 Å². The van der Waals surface area contributed by atoms with Crippen LogP contribution in [0.4, 0.5) is 16.0 Å². The maximum atomic E-state index is 15.5. The zero-order valence-corrected chi connectivity index (χ0v) is 23.1. The molecular weight excluding hydrogens is 539 g/mol. The molecule has 11 nitrogen and oxygen atoms in total. The summed E-state index contributed by atoms with van der Waals surface area (Å²) in [7, 11) is -2.88. The molecule has 0 bridgehead atoms. The van der Waals surface area contributed by atoms with Crippen LogP contribution in [0.5, 0.6) is 0 Å². The molecule has 5 rings (SSSR count). The van der Waals surface area contributed by atoms with E-state index in [1.165, 1.54) is 30.3 Å². The molecular formula is C27H31FN6O5S. The van der Waals surface area contributed by atoms with Crippen LogP contribution in [0.3, 0.4) is 0 Å². The summed E-state index contributed by atoms with van der Waals surface area (Å²) in [6.45, 7) is 3.53. The molecule has 0 saturated carbocycles. The lowest BCUT2D eigenvalue weighted by Crippen LogP contribution is -2.48. The fourth-order valence-electron chi connectivity index (χ4n) is 5.36. The van der Waals surface area contributed by atoms with Crippen LogP contribution in [0, 0.1) is 12.7 Å². The van der Waals surface area contributed by atoms with Gasteiger partial charge in [-0.1, -0.05) is 12.1 Å². The normalized spacial score (nSPS) is 18.5. The topological polar surface area (TPSA) is 148 Å². The predicted octanol–water partition coefficient (Wildman–Crippen LogP) is 1.92. The number of sulfonamides is 1. The minimum absolute atomic E-state index is 0.0616. The van der Waals surface area contributed by atoms with Gasteiger partial charge >= 0.3 is 5.97 Å². The van der Waals surface area contributed by atoms with E-state index in [1.807, 2.05) is 0 Å². The van der Waals surface area contributed by atoms with Crippen molar-refractivity contribution in [3.05, 3.63) is 53.6 Å². The van der Waals surface area contributed by atoms with Crippen molar-refractivity contribution in [3.8, 4) is 0 Å². The number of carbonyl (C=O) groups is 2. The number of nitrogens with two attached hydrogens (primary N) is 1.